The fourth-order valence-electron chi connectivity index (χ4n) is 2.95. The maximum absolute atomic E-state index is 12.9. The van der Waals surface area contributed by atoms with E-state index < -0.39 is 11.8 Å². The highest BCUT2D eigenvalue weighted by Crippen LogP contribution is 2.33. The molecule has 1 heterocycles. The van der Waals surface area contributed by atoms with Gasteiger partial charge in [0.1, 0.15) is 5.70 Å². The van der Waals surface area contributed by atoms with Crippen LogP contribution < -0.4 is 20.2 Å². The number of carbonyl (C=O) groups excluding carboxylic acids is 2. The van der Waals surface area contributed by atoms with Gasteiger partial charge in [-0.3, -0.25) is 9.59 Å². The Morgan fingerprint density at radius 1 is 0.939 bits per heavy atom. The number of halogens is 2. The number of ether oxygens (including phenoxy) is 2. The Bertz CT molecular complexity index is 1260. The van der Waals surface area contributed by atoms with Crippen molar-refractivity contribution in [1.82, 2.24) is 10.7 Å². The second kappa shape index (κ2) is 10.2. The van der Waals surface area contributed by atoms with Gasteiger partial charge in [-0.25, -0.2) is 5.43 Å². The van der Waals surface area contributed by atoms with Gasteiger partial charge in [0, 0.05) is 11.1 Å². The fraction of sp³-hybridized carbons (Fsp3) is 0.0417. The number of nitrogens with one attached hydrogen (secondary N) is 2. The van der Waals surface area contributed by atoms with Crippen LogP contribution in [-0.4, -0.2) is 24.8 Å². The van der Waals surface area contributed by atoms with Gasteiger partial charge in [-0.1, -0.05) is 59.6 Å². The highest BCUT2D eigenvalue weighted by molar-refractivity contribution is 6.43. The summed E-state index contributed by atoms with van der Waals surface area (Å²) in [5.74, 6) is 0.0759. The third-order valence-corrected chi connectivity index (χ3v) is 5.42. The normalized spacial score (nSPS) is 12.6. The van der Waals surface area contributed by atoms with Gasteiger partial charge in [-0.05, 0) is 42.0 Å². The molecule has 0 atom stereocenters. The van der Waals surface area contributed by atoms with Crippen molar-refractivity contribution in [2.45, 2.75) is 0 Å². The lowest BCUT2D eigenvalue weighted by molar-refractivity contribution is -0.117. The van der Waals surface area contributed by atoms with Crippen molar-refractivity contribution in [2.75, 3.05) is 6.79 Å². The van der Waals surface area contributed by atoms with E-state index in [1.807, 2.05) is 0 Å². The smallest absolute Gasteiger partial charge is 0.287 e. The Morgan fingerprint density at radius 2 is 1.73 bits per heavy atom. The highest BCUT2D eigenvalue weighted by atomic mass is 35.5. The van der Waals surface area contributed by atoms with Crippen LogP contribution in [0.2, 0.25) is 10.0 Å². The van der Waals surface area contributed by atoms with Gasteiger partial charge in [0.05, 0.1) is 16.3 Å². The summed E-state index contributed by atoms with van der Waals surface area (Å²) in [6, 6.07) is 18.8. The van der Waals surface area contributed by atoms with E-state index in [1.54, 1.807) is 66.7 Å². The molecule has 0 saturated carbocycles. The van der Waals surface area contributed by atoms with Gasteiger partial charge in [0.2, 0.25) is 6.79 Å². The topological polar surface area (TPSA) is 89.0 Å². The van der Waals surface area contributed by atoms with Crippen molar-refractivity contribution in [3.8, 4) is 11.5 Å². The van der Waals surface area contributed by atoms with Crippen molar-refractivity contribution >= 4 is 47.3 Å². The molecule has 3 aromatic rings. The lowest BCUT2D eigenvalue weighted by Crippen LogP contribution is -2.32. The molecule has 7 nitrogen and oxygen atoms in total. The monoisotopic (exact) mass is 481 g/mol. The van der Waals surface area contributed by atoms with Crippen molar-refractivity contribution in [1.29, 1.82) is 0 Å². The van der Waals surface area contributed by atoms with Crippen LogP contribution in [0.1, 0.15) is 21.5 Å². The van der Waals surface area contributed by atoms with Crippen molar-refractivity contribution in [3.05, 3.63) is 99.2 Å². The van der Waals surface area contributed by atoms with Gasteiger partial charge in [-0.15, -0.1) is 0 Å². The SMILES string of the molecule is O=C(N/N=C/c1cccc(Cl)c1Cl)/C(=C\c1ccc2c(c1)OCO2)NC(=O)c1ccccc1. The first-order chi connectivity index (χ1) is 16.0. The average molecular weight is 482 g/mol. The number of carbonyl (C=O) groups is 2. The number of rotatable bonds is 6. The molecule has 0 aromatic heterocycles. The number of hydrogen-bond donors (Lipinski definition) is 2. The van der Waals surface area contributed by atoms with Crippen LogP contribution in [0.15, 0.2) is 77.5 Å². The Hall–Kier alpha value is -3.81. The number of amides is 2. The molecule has 3 aromatic carbocycles. The van der Waals surface area contributed by atoms with Gasteiger partial charge >= 0.3 is 0 Å². The number of fused-ring (bicyclic) bond motifs is 1. The molecule has 0 radical (unpaired) electrons. The Morgan fingerprint density at radius 3 is 2.55 bits per heavy atom. The molecule has 0 saturated heterocycles. The third-order valence-electron chi connectivity index (χ3n) is 4.59. The zero-order chi connectivity index (χ0) is 23.2. The molecule has 0 aliphatic carbocycles. The van der Waals surface area contributed by atoms with E-state index in [4.69, 9.17) is 32.7 Å². The zero-order valence-corrected chi connectivity index (χ0v) is 18.6. The van der Waals surface area contributed by atoms with Gasteiger partial charge < -0.3 is 14.8 Å². The Kier molecular flexibility index (Phi) is 6.92. The second-order valence-corrected chi connectivity index (χ2v) is 7.62. The summed E-state index contributed by atoms with van der Waals surface area (Å²) in [7, 11) is 0. The molecule has 2 amide bonds. The molecular weight excluding hydrogens is 465 g/mol. The van der Waals surface area contributed by atoms with Crippen LogP contribution in [0, 0.1) is 0 Å². The lowest BCUT2D eigenvalue weighted by atomic mass is 10.1. The lowest BCUT2D eigenvalue weighted by Gasteiger charge is -2.09. The summed E-state index contributed by atoms with van der Waals surface area (Å²) in [4.78, 5) is 25.5. The summed E-state index contributed by atoms with van der Waals surface area (Å²) < 4.78 is 10.7. The first-order valence-corrected chi connectivity index (χ1v) is 10.5. The summed E-state index contributed by atoms with van der Waals surface area (Å²) >= 11 is 12.1. The van der Waals surface area contributed by atoms with Crippen LogP contribution in [0.4, 0.5) is 0 Å². The largest absolute Gasteiger partial charge is 0.454 e. The minimum absolute atomic E-state index is 0.0166. The molecule has 0 fully saturated rings. The van der Waals surface area contributed by atoms with Crippen molar-refractivity contribution in [3.63, 3.8) is 0 Å². The maximum atomic E-state index is 12.9. The molecule has 4 rings (SSSR count). The minimum Gasteiger partial charge on any atom is -0.454 e. The van der Waals surface area contributed by atoms with Gasteiger partial charge in [0.25, 0.3) is 11.8 Å². The van der Waals surface area contributed by atoms with Crippen molar-refractivity contribution < 1.29 is 19.1 Å². The standard InChI is InChI=1S/C24H17Cl2N3O4/c25-18-8-4-7-17(22(18)26)13-27-29-24(31)19(28-23(30)16-5-2-1-3-6-16)11-15-9-10-20-21(12-15)33-14-32-20/h1-13H,14H2,(H,28,30)(H,29,31)/b19-11+,27-13+. The summed E-state index contributed by atoms with van der Waals surface area (Å²) in [6.07, 6.45) is 2.88. The molecule has 1 aliphatic heterocycles. The van der Waals surface area contributed by atoms with E-state index in [9.17, 15) is 9.59 Å². The predicted octanol–water partition coefficient (Wildman–Crippen LogP) is 4.64. The molecule has 0 unspecified atom stereocenters. The summed E-state index contributed by atoms with van der Waals surface area (Å²) in [5.41, 5.74) is 3.93. The van der Waals surface area contributed by atoms with Crippen LogP contribution in [0.25, 0.3) is 6.08 Å². The Balaban J connectivity index is 1.57. The number of nitrogens with zero attached hydrogens (tertiary/aromatic N) is 1. The van der Waals surface area contributed by atoms with Crippen LogP contribution in [0.5, 0.6) is 11.5 Å². The Labute approximate surface area is 199 Å². The molecule has 2 N–H and O–H groups in total. The number of benzene rings is 3. The van der Waals surface area contributed by atoms with E-state index >= 15 is 0 Å². The quantitative estimate of drug-likeness (QED) is 0.304. The molecule has 9 heteroatoms. The van der Waals surface area contributed by atoms with Crippen LogP contribution in [-0.2, 0) is 4.79 Å². The zero-order valence-electron chi connectivity index (χ0n) is 17.0. The van der Waals surface area contributed by atoms with E-state index in [-0.39, 0.29) is 12.5 Å². The molecule has 0 bridgehead atoms. The van der Waals surface area contributed by atoms with E-state index in [2.05, 4.69) is 15.8 Å². The van der Waals surface area contributed by atoms with Crippen LogP contribution >= 0.6 is 23.2 Å². The predicted molar refractivity (Wildman–Crippen MR) is 127 cm³/mol. The van der Waals surface area contributed by atoms with Gasteiger partial charge in [-0.2, -0.15) is 5.10 Å². The van der Waals surface area contributed by atoms with E-state index in [1.165, 1.54) is 12.3 Å². The average Bonchev–Trinajstić information content (AvgIpc) is 3.30. The first kappa shape index (κ1) is 22.4. The van der Waals surface area contributed by atoms with Crippen LogP contribution in [0.3, 0.4) is 0 Å². The van der Waals surface area contributed by atoms with Crippen molar-refractivity contribution in [2.24, 2.45) is 5.10 Å². The van der Waals surface area contributed by atoms with E-state index in [0.717, 1.165) is 0 Å². The molecule has 1 aliphatic rings. The summed E-state index contributed by atoms with van der Waals surface area (Å²) in [6.45, 7) is 0.126. The summed E-state index contributed by atoms with van der Waals surface area (Å²) in [5, 5.41) is 7.25. The second-order valence-electron chi connectivity index (χ2n) is 6.83. The fourth-order valence-corrected chi connectivity index (χ4v) is 3.31. The number of hydrazone groups is 1. The molecular formula is C24H17Cl2N3O4. The van der Waals surface area contributed by atoms with E-state index in [0.29, 0.717) is 38.2 Å². The highest BCUT2D eigenvalue weighted by Gasteiger charge is 2.17. The van der Waals surface area contributed by atoms with Gasteiger partial charge in [0.15, 0.2) is 11.5 Å². The third kappa shape index (κ3) is 5.52. The first-order valence-electron chi connectivity index (χ1n) is 9.76. The molecule has 0 spiro atoms. The maximum Gasteiger partial charge on any atom is 0.287 e. The minimum atomic E-state index is -0.633. The number of hydrogen-bond acceptors (Lipinski definition) is 5. The molecule has 166 valence electrons. The molecule has 33 heavy (non-hydrogen) atoms.